The Labute approximate surface area is 116 Å². The van der Waals surface area contributed by atoms with Gasteiger partial charge in [0.15, 0.2) is 0 Å². The van der Waals surface area contributed by atoms with Crippen LogP contribution in [0.3, 0.4) is 0 Å². The Bertz CT molecular complexity index is 397. The molecule has 1 aliphatic heterocycles. The summed E-state index contributed by atoms with van der Waals surface area (Å²) >= 11 is 0. The quantitative estimate of drug-likeness (QED) is 0.884. The summed E-state index contributed by atoms with van der Waals surface area (Å²) in [6.07, 6.45) is 6.91. The second kappa shape index (κ2) is 6.73. The van der Waals surface area contributed by atoms with Gasteiger partial charge in [-0.15, -0.1) is 0 Å². The fourth-order valence-corrected chi connectivity index (χ4v) is 2.63. The Hall–Kier alpha value is -1.32. The van der Waals surface area contributed by atoms with Crippen LogP contribution in [0, 0.1) is 12.8 Å². The highest BCUT2D eigenvalue weighted by Gasteiger charge is 2.20. The summed E-state index contributed by atoms with van der Waals surface area (Å²) in [4.78, 5) is 11.5. The highest BCUT2D eigenvalue weighted by atomic mass is 15.2. The van der Waals surface area contributed by atoms with Crippen molar-refractivity contribution in [2.45, 2.75) is 46.5 Å². The van der Waals surface area contributed by atoms with E-state index < -0.39 is 0 Å². The van der Waals surface area contributed by atoms with Gasteiger partial charge in [0.1, 0.15) is 5.82 Å². The predicted molar refractivity (Wildman–Crippen MR) is 80.8 cm³/mol. The molecule has 0 atom stereocenters. The Balaban J connectivity index is 2.06. The maximum Gasteiger partial charge on any atom is 0.224 e. The zero-order chi connectivity index (χ0) is 13.7. The van der Waals surface area contributed by atoms with Crippen LogP contribution in [0.1, 0.15) is 45.1 Å². The fourth-order valence-electron chi connectivity index (χ4n) is 2.63. The fraction of sp³-hybridized carbons (Fsp3) is 0.733. The molecule has 4 nitrogen and oxygen atoms in total. The van der Waals surface area contributed by atoms with E-state index in [1.165, 1.54) is 24.8 Å². The third-order valence-electron chi connectivity index (χ3n) is 3.97. The van der Waals surface area contributed by atoms with E-state index in [4.69, 9.17) is 0 Å². The van der Waals surface area contributed by atoms with E-state index in [0.29, 0.717) is 0 Å². The highest BCUT2D eigenvalue weighted by Crippen LogP contribution is 2.26. The van der Waals surface area contributed by atoms with Crippen molar-refractivity contribution in [1.29, 1.82) is 0 Å². The lowest BCUT2D eigenvalue weighted by Crippen LogP contribution is -2.34. The molecule has 0 amide bonds. The molecule has 1 aromatic rings. The average molecular weight is 262 g/mol. The molecule has 2 rings (SSSR count). The first kappa shape index (κ1) is 14.1. The standard InChI is InChI=1S/C15H26N4/c1-4-8-16-15-17-11-12(3)14(18-15)19-9-6-13(5-2)7-10-19/h11,13H,4-10H2,1-3H3,(H,16,17,18). The predicted octanol–water partition coefficient (Wildman–Crippen LogP) is 3.23. The molecule has 1 fully saturated rings. The van der Waals surface area contributed by atoms with Crippen molar-refractivity contribution in [3.8, 4) is 0 Å². The number of aryl methyl sites for hydroxylation is 1. The van der Waals surface area contributed by atoms with E-state index >= 15 is 0 Å². The molecule has 4 heteroatoms. The molecule has 19 heavy (non-hydrogen) atoms. The topological polar surface area (TPSA) is 41.1 Å². The van der Waals surface area contributed by atoms with Gasteiger partial charge in [-0.1, -0.05) is 20.3 Å². The summed E-state index contributed by atoms with van der Waals surface area (Å²) in [5.41, 5.74) is 1.18. The van der Waals surface area contributed by atoms with Gasteiger partial charge >= 0.3 is 0 Å². The summed E-state index contributed by atoms with van der Waals surface area (Å²) in [6, 6.07) is 0. The SMILES string of the molecule is CCCNc1ncc(C)c(N2CCC(CC)CC2)n1. The van der Waals surface area contributed by atoms with Crippen LogP contribution in [0.15, 0.2) is 6.20 Å². The number of hydrogen-bond donors (Lipinski definition) is 1. The van der Waals surface area contributed by atoms with Crippen LogP contribution in [-0.2, 0) is 0 Å². The van der Waals surface area contributed by atoms with Crippen molar-refractivity contribution in [3.05, 3.63) is 11.8 Å². The monoisotopic (exact) mass is 262 g/mol. The Morgan fingerprint density at radius 2 is 2.05 bits per heavy atom. The van der Waals surface area contributed by atoms with Crippen molar-refractivity contribution in [2.24, 2.45) is 5.92 Å². The molecule has 1 aliphatic rings. The normalized spacial score (nSPS) is 16.7. The van der Waals surface area contributed by atoms with Gasteiger partial charge in [0, 0.05) is 31.4 Å². The number of nitrogens with zero attached hydrogens (tertiary/aromatic N) is 3. The molecule has 0 saturated carbocycles. The molecule has 0 unspecified atom stereocenters. The summed E-state index contributed by atoms with van der Waals surface area (Å²) in [5.74, 6) is 2.78. The maximum absolute atomic E-state index is 4.69. The molecule has 2 heterocycles. The molecule has 1 N–H and O–H groups in total. The van der Waals surface area contributed by atoms with Crippen LogP contribution in [0.5, 0.6) is 0 Å². The number of anilines is 2. The van der Waals surface area contributed by atoms with Gasteiger partial charge in [0.25, 0.3) is 0 Å². The second-order valence-electron chi connectivity index (χ2n) is 5.47. The van der Waals surface area contributed by atoms with Gasteiger partial charge in [0.2, 0.25) is 5.95 Å². The van der Waals surface area contributed by atoms with Crippen LogP contribution >= 0.6 is 0 Å². The van der Waals surface area contributed by atoms with Crippen LogP contribution in [0.2, 0.25) is 0 Å². The molecular formula is C15H26N4. The van der Waals surface area contributed by atoms with Crippen LogP contribution in [0.4, 0.5) is 11.8 Å². The van der Waals surface area contributed by atoms with Crippen LogP contribution in [-0.4, -0.2) is 29.6 Å². The van der Waals surface area contributed by atoms with E-state index in [1.54, 1.807) is 0 Å². The van der Waals surface area contributed by atoms with Gasteiger partial charge in [-0.3, -0.25) is 0 Å². The molecule has 0 bridgehead atoms. The highest BCUT2D eigenvalue weighted by molar-refractivity contribution is 5.49. The van der Waals surface area contributed by atoms with Crippen molar-refractivity contribution < 1.29 is 0 Å². The first-order valence-electron chi connectivity index (χ1n) is 7.57. The minimum Gasteiger partial charge on any atom is -0.356 e. The molecule has 1 aromatic heterocycles. The third-order valence-corrected chi connectivity index (χ3v) is 3.97. The third kappa shape index (κ3) is 3.58. The van der Waals surface area contributed by atoms with Gasteiger partial charge in [-0.2, -0.15) is 4.98 Å². The Morgan fingerprint density at radius 3 is 2.68 bits per heavy atom. The summed E-state index contributed by atoms with van der Waals surface area (Å²) < 4.78 is 0. The van der Waals surface area contributed by atoms with Crippen LogP contribution in [0.25, 0.3) is 0 Å². The lowest BCUT2D eigenvalue weighted by molar-refractivity contribution is 0.393. The number of rotatable bonds is 5. The van der Waals surface area contributed by atoms with E-state index in [1.807, 2.05) is 6.20 Å². The van der Waals surface area contributed by atoms with Crippen LogP contribution < -0.4 is 10.2 Å². The van der Waals surface area contributed by atoms with Gasteiger partial charge in [0.05, 0.1) is 0 Å². The minimum absolute atomic E-state index is 0.764. The molecule has 0 spiro atoms. The van der Waals surface area contributed by atoms with E-state index in [0.717, 1.165) is 43.7 Å². The minimum atomic E-state index is 0.764. The Kier molecular flexibility index (Phi) is 5.00. The first-order chi connectivity index (χ1) is 9.24. The maximum atomic E-state index is 4.69. The Morgan fingerprint density at radius 1 is 1.32 bits per heavy atom. The molecule has 1 saturated heterocycles. The number of nitrogens with one attached hydrogen (secondary N) is 1. The number of aromatic nitrogens is 2. The van der Waals surface area contributed by atoms with Crippen molar-refractivity contribution in [1.82, 2.24) is 9.97 Å². The average Bonchev–Trinajstić information content (AvgIpc) is 2.46. The molecule has 0 aromatic carbocycles. The second-order valence-corrected chi connectivity index (χ2v) is 5.47. The summed E-state index contributed by atoms with van der Waals surface area (Å²) in [7, 11) is 0. The largest absolute Gasteiger partial charge is 0.356 e. The first-order valence-corrected chi connectivity index (χ1v) is 7.57. The summed E-state index contributed by atoms with van der Waals surface area (Å²) in [6.45, 7) is 9.74. The molecule has 106 valence electrons. The van der Waals surface area contributed by atoms with Crippen molar-refractivity contribution in [3.63, 3.8) is 0 Å². The van der Waals surface area contributed by atoms with Crippen molar-refractivity contribution in [2.75, 3.05) is 29.9 Å². The number of hydrogen-bond acceptors (Lipinski definition) is 4. The zero-order valence-corrected chi connectivity index (χ0v) is 12.4. The summed E-state index contributed by atoms with van der Waals surface area (Å²) in [5, 5.41) is 3.27. The van der Waals surface area contributed by atoms with E-state index in [2.05, 4.69) is 41.0 Å². The lowest BCUT2D eigenvalue weighted by atomic mass is 9.94. The van der Waals surface area contributed by atoms with Gasteiger partial charge in [-0.25, -0.2) is 4.98 Å². The van der Waals surface area contributed by atoms with E-state index in [9.17, 15) is 0 Å². The number of piperidine rings is 1. The zero-order valence-electron chi connectivity index (χ0n) is 12.4. The van der Waals surface area contributed by atoms with E-state index in [-0.39, 0.29) is 0 Å². The smallest absolute Gasteiger partial charge is 0.224 e. The van der Waals surface area contributed by atoms with Gasteiger partial charge < -0.3 is 10.2 Å². The molecule has 0 radical (unpaired) electrons. The van der Waals surface area contributed by atoms with Crippen molar-refractivity contribution >= 4 is 11.8 Å². The molecular weight excluding hydrogens is 236 g/mol. The molecule has 0 aliphatic carbocycles. The van der Waals surface area contributed by atoms with Gasteiger partial charge in [-0.05, 0) is 32.1 Å². The lowest BCUT2D eigenvalue weighted by Gasteiger charge is -2.33.